The van der Waals surface area contributed by atoms with Gasteiger partial charge in [-0.1, -0.05) is 0 Å². The number of hydrogen-bond donors (Lipinski definition) is 0. The van der Waals surface area contributed by atoms with E-state index in [1.54, 1.807) is 21.0 Å². The number of likely N-dealkylation sites (N-methyl/N-ethyl adjacent to an activating group) is 1. The van der Waals surface area contributed by atoms with Crippen molar-refractivity contribution in [2.75, 3.05) is 40.7 Å². The molecule has 1 aromatic carbocycles. The normalized spacial score (nSPS) is 11.0. The van der Waals surface area contributed by atoms with Crippen LogP contribution in [0.3, 0.4) is 0 Å². The molecular weight excluding hydrogens is 277 g/mol. The smallest absolute Gasteiger partial charge is 0.338 e. The van der Waals surface area contributed by atoms with Crippen LogP contribution in [0.4, 0.5) is 4.39 Å². The zero-order chi connectivity index (χ0) is 15.9. The van der Waals surface area contributed by atoms with Crippen molar-refractivity contribution < 1.29 is 27.9 Å². The number of hydrogen-bond acceptors (Lipinski definition) is 4. The second kappa shape index (κ2) is 7.73. The summed E-state index contributed by atoms with van der Waals surface area (Å²) in [5.41, 5.74) is 0.720. The monoisotopic (exact) mass is 298 g/mol. The Morgan fingerprint density at radius 1 is 1.05 bits per heavy atom. The van der Waals surface area contributed by atoms with Crippen LogP contribution in [0.1, 0.15) is 27.6 Å². The van der Waals surface area contributed by atoms with Gasteiger partial charge in [0.15, 0.2) is 0 Å². The SMILES string of the molecule is CCOC(=O)c1ccc(C(=O)OCC[N+](C)(C)CF)cc1. The quantitative estimate of drug-likeness (QED) is 0.439. The first-order chi connectivity index (χ1) is 9.89. The number of carbonyl (C=O) groups excluding carboxylic acids is 2. The van der Waals surface area contributed by atoms with E-state index >= 15 is 0 Å². The van der Waals surface area contributed by atoms with Gasteiger partial charge in [0.05, 0.1) is 31.8 Å². The first-order valence-corrected chi connectivity index (χ1v) is 6.72. The molecule has 0 fully saturated rings. The topological polar surface area (TPSA) is 52.6 Å². The molecular formula is C15H21FNO4+. The third kappa shape index (κ3) is 5.51. The van der Waals surface area contributed by atoms with Gasteiger partial charge in [0.25, 0.3) is 0 Å². The van der Waals surface area contributed by atoms with Gasteiger partial charge in [-0.2, -0.15) is 4.39 Å². The second-order valence-electron chi connectivity index (χ2n) is 5.21. The molecule has 0 radical (unpaired) electrons. The highest BCUT2D eigenvalue weighted by molar-refractivity contribution is 5.93. The van der Waals surface area contributed by atoms with Gasteiger partial charge in [0.2, 0.25) is 6.80 Å². The third-order valence-electron chi connectivity index (χ3n) is 2.89. The lowest BCUT2D eigenvalue weighted by Gasteiger charge is -2.25. The Hall–Kier alpha value is -1.95. The van der Waals surface area contributed by atoms with E-state index in [4.69, 9.17) is 9.47 Å². The minimum absolute atomic E-state index is 0.134. The van der Waals surface area contributed by atoms with E-state index < -0.39 is 18.7 Å². The Morgan fingerprint density at radius 3 is 1.95 bits per heavy atom. The Bertz CT molecular complexity index is 485. The molecule has 21 heavy (non-hydrogen) atoms. The van der Waals surface area contributed by atoms with Crippen LogP contribution in [-0.4, -0.2) is 57.1 Å². The Kier molecular flexibility index (Phi) is 6.30. The fourth-order valence-electron chi connectivity index (χ4n) is 1.49. The van der Waals surface area contributed by atoms with E-state index in [1.165, 1.54) is 24.3 Å². The van der Waals surface area contributed by atoms with Crippen LogP contribution in [0.5, 0.6) is 0 Å². The molecule has 1 aromatic rings. The number of nitrogens with zero attached hydrogens (tertiary/aromatic N) is 1. The first-order valence-electron chi connectivity index (χ1n) is 6.72. The highest BCUT2D eigenvalue weighted by atomic mass is 19.1. The van der Waals surface area contributed by atoms with Crippen molar-refractivity contribution in [3.63, 3.8) is 0 Å². The van der Waals surface area contributed by atoms with E-state index in [0.717, 1.165) is 0 Å². The predicted octanol–water partition coefficient (Wildman–Crippen LogP) is 2.02. The van der Waals surface area contributed by atoms with Crippen LogP contribution in [0.15, 0.2) is 24.3 Å². The predicted molar refractivity (Wildman–Crippen MR) is 75.6 cm³/mol. The molecule has 0 bridgehead atoms. The third-order valence-corrected chi connectivity index (χ3v) is 2.89. The van der Waals surface area contributed by atoms with Crippen LogP contribution >= 0.6 is 0 Å². The average Bonchev–Trinajstić information content (AvgIpc) is 2.47. The number of benzene rings is 1. The molecule has 0 aliphatic carbocycles. The van der Waals surface area contributed by atoms with Crippen molar-refractivity contribution in [2.45, 2.75) is 6.92 Å². The van der Waals surface area contributed by atoms with Crippen LogP contribution in [-0.2, 0) is 9.47 Å². The molecule has 0 aliphatic rings. The van der Waals surface area contributed by atoms with E-state index in [9.17, 15) is 14.0 Å². The van der Waals surface area contributed by atoms with Gasteiger partial charge in [-0.05, 0) is 31.2 Å². The van der Waals surface area contributed by atoms with Gasteiger partial charge in [0.1, 0.15) is 13.2 Å². The molecule has 5 nitrogen and oxygen atoms in total. The molecule has 1 rings (SSSR count). The molecule has 0 unspecified atom stereocenters. The average molecular weight is 298 g/mol. The largest absolute Gasteiger partial charge is 0.462 e. The molecule has 0 atom stereocenters. The summed E-state index contributed by atoms with van der Waals surface area (Å²) in [5.74, 6) is -0.927. The lowest BCUT2D eigenvalue weighted by molar-refractivity contribution is -0.902. The fraction of sp³-hybridized carbons (Fsp3) is 0.467. The molecule has 0 heterocycles. The lowest BCUT2D eigenvalue weighted by atomic mass is 10.1. The summed E-state index contributed by atoms with van der Waals surface area (Å²) in [6.07, 6.45) is 0. The van der Waals surface area contributed by atoms with Gasteiger partial charge in [-0.25, -0.2) is 9.59 Å². The minimum Gasteiger partial charge on any atom is -0.462 e. The van der Waals surface area contributed by atoms with Gasteiger partial charge in [0, 0.05) is 0 Å². The fourth-order valence-corrected chi connectivity index (χ4v) is 1.49. The first kappa shape index (κ1) is 17.1. The molecule has 0 spiro atoms. The number of ether oxygens (including phenoxy) is 2. The van der Waals surface area contributed by atoms with Gasteiger partial charge < -0.3 is 9.47 Å². The maximum Gasteiger partial charge on any atom is 0.338 e. The van der Waals surface area contributed by atoms with E-state index in [2.05, 4.69) is 0 Å². The summed E-state index contributed by atoms with van der Waals surface area (Å²) >= 11 is 0. The zero-order valence-corrected chi connectivity index (χ0v) is 12.6. The molecule has 0 amide bonds. The Morgan fingerprint density at radius 2 is 1.52 bits per heavy atom. The highest BCUT2D eigenvalue weighted by Gasteiger charge is 2.16. The molecule has 0 saturated carbocycles. The Balaban J connectivity index is 2.54. The number of rotatable bonds is 7. The van der Waals surface area contributed by atoms with E-state index in [0.29, 0.717) is 24.3 Å². The number of alkyl halides is 1. The van der Waals surface area contributed by atoms with Crippen LogP contribution in [0.25, 0.3) is 0 Å². The molecule has 0 aromatic heterocycles. The number of carbonyl (C=O) groups is 2. The van der Waals surface area contributed by atoms with E-state index in [-0.39, 0.29) is 11.1 Å². The number of halogens is 1. The minimum atomic E-state index is -0.522. The maximum absolute atomic E-state index is 12.6. The molecule has 0 saturated heterocycles. The second-order valence-corrected chi connectivity index (χ2v) is 5.21. The van der Waals surface area contributed by atoms with Crippen LogP contribution in [0, 0.1) is 0 Å². The van der Waals surface area contributed by atoms with Crippen molar-refractivity contribution in [1.82, 2.24) is 0 Å². The summed E-state index contributed by atoms with van der Waals surface area (Å²) in [5, 5.41) is 0. The van der Waals surface area contributed by atoms with E-state index in [1.807, 2.05) is 0 Å². The van der Waals surface area contributed by atoms with Crippen LogP contribution < -0.4 is 0 Å². The van der Waals surface area contributed by atoms with Crippen molar-refractivity contribution in [2.24, 2.45) is 0 Å². The van der Waals surface area contributed by atoms with Crippen molar-refractivity contribution >= 4 is 11.9 Å². The summed E-state index contributed by atoms with van der Waals surface area (Å²) in [4.78, 5) is 23.3. The number of quaternary nitrogens is 1. The summed E-state index contributed by atoms with van der Waals surface area (Å²) in [6.45, 7) is 2.02. The lowest BCUT2D eigenvalue weighted by Crippen LogP contribution is -2.41. The summed E-state index contributed by atoms with van der Waals surface area (Å²) < 4.78 is 22.6. The number of esters is 2. The van der Waals surface area contributed by atoms with Gasteiger partial charge in [-0.3, -0.25) is 4.48 Å². The molecule has 0 N–H and O–H groups in total. The van der Waals surface area contributed by atoms with Crippen molar-refractivity contribution in [3.05, 3.63) is 35.4 Å². The standard InChI is InChI=1S/C15H21FNO4/c1-4-20-14(18)12-5-7-13(8-6-12)15(19)21-10-9-17(2,3)11-16/h5-8H,4,9-11H2,1-3H3/q+1. The van der Waals surface area contributed by atoms with Crippen LogP contribution in [0.2, 0.25) is 0 Å². The zero-order valence-electron chi connectivity index (χ0n) is 12.6. The summed E-state index contributed by atoms with van der Waals surface area (Å²) in [7, 11) is 3.42. The molecule has 116 valence electrons. The highest BCUT2D eigenvalue weighted by Crippen LogP contribution is 2.08. The molecule has 0 aliphatic heterocycles. The maximum atomic E-state index is 12.6. The summed E-state index contributed by atoms with van der Waals surface area (Å²) in [6, 6.07) is 6.03. The molecule has 6 heteroatoms. The van der Waals surface area contributed by atoms with Gasteiger partial charge >= 0.3 is 11.9 Å². The van der Waals surface area contributed by atoms with Gasteiger partial charge in [-0.15, -0.1) is 0 Å². The Labute approximate surface area is 123 Å². The van der Waals surface area contributed by atoms with Crippen molar-refractivity contribution in [3.8, 4) is 0 Å². The van der Waals surface area contributed by atoms with Crippen molar-refractivity contribution in [1.29, 1.82) is 0 Å².